The van der Waals surface area contributed by atoms with Gasteiger partial charge in [0.1, 0.15) is 18.1 Å². The van der Waals surface area contributed by atoms with Crippen molar-refractivity contribution in [3.8, 4) is 0 Å². The number of nitro groups is 1. The second-order valence-corrected chi connectivity index (χ2v) is 7.78. The maximum atomic E-state index is 13.3. The zero-order valence-corrected chi connectivity index (χ0v) is 18.8. The van der Waals surface area contributed by atoms with E-state index in [-0.39, 0.29) is 30.2 Å². The molecule has 1 heterocycles. The van der Waals surface area contributed by atoms with Gasteiger partial charge in [-0.05, 0) is 37.1 Å². The van der Waals surface area contributed by atoms with E-state index in [4.69, 9.17) is 4.42 Å². The molecule has 1 aromatic heterocycles. The molecule has 0 N–H and O–H groups in total. The molecule has 0 aliphatic carbocycles. The number of furan rings is 1. The standard InChI is InChI=1S/C25H27N3O5/c1-3-14-26(25(30)21-10-7-11-22(15-21)28(31)32)18-24(29)27(16-20-8-5-4-6-9-20)17-23-13-12-19(2)33-23/h4-13,15H,3,14,16-18H2,1-2H3. The predicted molar refractivity (Wildman–Crippen MR) is 123 cm³/mol. The Kier molecular flexibility index (Phi) is 7.96. The van der Waals surface area contributed by atoms with E-state index in [1.54, 1.807) is 4.90 Å². The van der Waals surface area contributed by atoms with Crippen LogP contribution in [0.4, 0.5) is 5.69 Å². The molecular weight excluding hydrogens is 422 g/mol. The second-order valence-electron chi connectivity index (χ2n) is 7.78. The van der Waals surface area contributed by atoms with Crippen LogP contribution in [0.3, 0.4) is 0 Å². The predicted octanol–water partition coefficient (Wildman–Crippen LogP) is 4.58. The van der Waals surface area contributed by atoms with Crippen LogP contribution < -0.4 is 0 Å². The first-order valence-electron chi connectivity index (χ1n) is 10.8. The number of amides is 2. The highest BCUT2D eigenvalue weighted by molar-refractivity contribution is 5.97. The van der Waals surface area contributed by atoms with Crippen molar-refractivity contribution in [2.24, 2.45) is 0 Å². The Labute approximate surface area is 192 Å². The maximum Gasteiger partial charge on any atom is 0.270 e. The first-order valence-corrected chi connectivity index (χ1v) is 10.8. The summed E-state index contributed by atoms with van der Waals surface area (Å²) in [6, 6.07) is 18.8. The molecule has 0 aliphatic rings. The van der Waals surface area contributed by atoms with Crippen LogP contribution in [0.5, 0.6) is 0 Å². The molecule has 2 amide bonds. The number of benzene rings is 2. The smallest absolute Gasteiger partial charge is 0.270 e. The summed E-state index contributed by atoms with van der Waals surface area (Å²) in [6.07, 6.45) is 0.643. The van der Waals surface area contributed by atoms with Crippen molar-refractivity contribution >= 4 is 17.5 Å². The Hall–Kier alpha value is -3.94. The van der Waals surface area contributed by atoms with Crippen molar-refractivity contribution in [3.63, 3.8) is 0 Å². The second kappa shape index (κ2) is 11.1. The molecule has 0 bridgehead atoms. The molecule has 8 heteroatoms. The molecule has 0 radical (unpaired) electrons. The van der Waals surface area contributed by atoms with Gasteiger partial charge in [-0.2, -0.15) is 0 Å². The third-order valence-electron chi connectivity index (χ3n) is 5.12. The van der Waals surface area contributed by atoms with Gasteiger partial charge in [-0.1, -0.05) is 43.3 Å². The lowest BCUT2D eigenvalue weighted by Gasteiger charge is -2.27. The first-order chi connectivity index (χ1) is 15.9. The Morgan fingerprint density at radius 1 is 0.970 bits per heavy atom. The molecule has 0 atom stereocenters. The van der Waals surface area contributed by atoms with E-state index in [2.05, 4.69) is 0 Å². The highest BCUT2D eigenvalue weighted by atomic mass is 16.6. The van der Waals surface area contributed by atoms with Crippen molar-refractivity contribution < 1.29 is 18.9 Å². The minimum absolute atomic E-state index is 0.137. The van der Waals surface area contributed by atoms with E-state index >= 15 is 0 Å². The molecule has 0 unspecified atom stereocenters. The van der Waals surface area contributed by atoms with Crippen LogP contribution in [0.15, 0.2) is 71.1 Å². The molecule has 2 aromatic carbocycles. The van der Waals surface area contributed by atoms with Crippen LogP contribution in [0, 0.1) is 17.0 Å². The molecular formula is C25H27N3O5. The van der Waals surface area contributed by atoms with Gasteiger partial charge in [0.05, 0.1) is 11.5 Å². The number of nitrogens with zero attached hydrogens (tertiary/aromatic N) is 3. The van der Waals surface area contributed by atoms with Gasteiger partial charge in [0.2, 0.25) is 5.91 Å². The number of non-ortho nitro benzene ring substituents is 1. The van der Waals surface area contributed by atoms with Crippen LogP contribution in [0.1, 0.15) is 40.8 Å². The van der Waals surface area contributed by atoms with Gasteiger partial charge < -0.3 is 14.2 Å². The molecule has 0 aliphatic heterocycles. The van der Waals surface area contributed by atoms with E-state index in [1.807, 2.05) is 56.3 Å². The molecule has 172 valence electrons. The van der Waals surface area contributed by atoms with E-state index < -0.39 is 10.8 Å². The number of carbonyl (C=O) groups is 2. The summed E-state index contributed by atoms with van der Waals surface area (Å²) in [6.45, 7) is 4.60. The van der Waals surface area contributed by atoms with Crippen LogP contribution in [-0.4, -0.2) is 39.6 Å². The highest BCUT2D eigenvalue weighted by Gasteiger charge is 2.24. The number of hydrogen-bond donors (Lipinski definition) is 0. The van der Waals surface area contributed by atoms with Gasteiger partial charge in [0.25, 0.3) is 11.6 Å². The average Bonchev–Trinajstić information content (AvgIpc) is 3.23. The van der Waals surface area contributed by atoms with Gasteiger partial charge in [-0.15, -0.1) is 0 Å². The fourth-order valence-electron chi connectivity index (χ4n) is 3.51. The summed E-state index contributed by atoms with van der Waals surface area (Å²) in [7, 11) is 0. The quantitative estimate of drug-likeness (QED) is 0.333. The van der Waals surface area contributed by atoms with Crippen molar-refractivity contribution in [2.75, 3.05) is 13.1 Å². The Bertz CT molecular complexity index is 1110. The number of hydrogen-bond acceptors (Lipinski definition) is 5. The molecule has 0 spiro atoms. The highest BCUT2D eigenvalue weighted by Crippen LogP contribution is 2.17. The fourth-order valence-corrected chi connectivity index (χ4v) is 3.51. The van der Waals surface area contributed by atoms with E-state index in [9.17, 15) is 19.7 Å². The van der Waals surface area contributed by atoms with Crippen LogP contribution >= 0.6 is 0 Å². The van der Waals surface area contributed by atoms with Crippen molar-refractivity contribution in [2.45, 2.75) is 33.4 Å². The molecule has 0 saturated carbocycles. The number of rotatable bonds is 10. The summed E-state index contributed by atoms with van der Waals surface area (Å²) in [5.41, 5.74) is 0.977. The number of aryl methyl sites for hydroxylation is 1. The Morgan fingerprint density at radius 2 is 1.73 bits per heavy atom. The summed E-state index contributed by atoms with van der Waals surface area (Å²) in [5, 5.41) is 11.1. The third kappa shape index (κ3) is 6.52. The van der Waals surface area contributed by atoms with Crippen LogP contribution in [0.2, 0.25) is 0 Å². The monoisotopic (exact) mass is 449 g/mol. The molecule has 3 aromatic rings. The van der Waals surface area contributed by atoms with E-state index in [0.717, 1.165) is 11.3 Å². The van der Waals surface area contributed by atoms with Crippen molar-refractivity contribution in [1.29, 1.82) is 0 Å². The zero-order valence-electron chi connectivity index (χ0n) is 18.8. The number of nitro benzene ring substituents is 1. The summed E-state index contributed by atoms with van der Waals surface area (Å²) in [5.74, 6) is 0.761. The van der Waals surface area contributed by atoms with Gasteiger partial charge in [-0.25, -0.2) is 0 Å². The molecule has 33 heavy (non-hydrogen) atoms. The molecule has 0 fully saturated rings. The van der Waals surface area contributed by atoms with Gasteiger partial charge >= 0.3 is 0 Å². The normalized spacial score (nSPS) is 10.6. The molecule has 3 rings (SSSR count). The number of carbonyl (C=O) groups excluding carboxylic acids is 2. The van der Waals surface area contributed by atoms with Gasteiger partial charge in [0.15, 0.2) is 0 Å². The summed E-state index contributed by atoms with van der Waals surface area (Å²) in [4.78, 5) is 40.1. The van der Waals surface area contributed by atoms with Gasteiger partial charge in [-0.3, -0.25) is 19.7 Å². The van der Waals surface area contributed by atoms with E-state index in [0.29, 0.717) is 25.3 Å². The van der Waals surface area contributed by atoms with Crippen LogP contribution in [0.25, 0.3) is 0 Å². The lowest BCUT2D eigenvalue weighted by atomic mass is 10.1. The van der Waals surface area contributed by atoms with Gasteiger partial charge in [0, 0.05) is 30.8 Å². The Morgan fingerprint density at radius 3 is 2.36 bits per heavy atom. The summed E-state index contributed by atoms with van der Waals surface area (Å²) >= 11 is 0. The first kappa shape index (κ1) is 23.7. The van der Waals surface area contributed by atoms with E-state index in [1.165, 1.54) is 29.2 Å². The summed E-state index contributed by atoms with van der Waals surface area (Å²) < 4.78 is 5.67. The largest absolute Gasteiger partial charge is 0.464 e. The topological polar surface area (TPSA) is 96.9 Å². The SMILES string of the molecule is CCCN(CC(=O)N(Cc1ccccc1)Cc1ccc(C)o1)C(=O)c1cccc([N+](=O)[O-])c1. The fraction of sp³-hybridized carbons (Fsp3) is 0.280. The van der Waals surface area contributed by atoms with Crippen molar-refractivity contribution in [3.05, 3.63) is 99.5 Å². The van der Waals surface area contributed by atoms with Crippen molar-refractivity contribution in [1.82, 2.24) is 9.80 Å². The minimum Gasteiger partial charge on any atom is -0.464 e. The zero-order chi connectivity index (χ0) is 23.8. The lowest BCUT2D eigenvalue weighted by Crippen LogP contribution is -2.42. The lowest BCUT2D eigenvalue weighted by molar-refractivity contribution is -0.384. The average molecular weight is 450 g/mol. The van der Waals surface area contributed by atoms with Crippen LogP contribution in [-0.2, 0) is 17.9 Å². The maximum absolute atomic E-state index is 13.3. The molecule has 8 nitrogen and oxygen atoms in total. The third-order valence-corrected chi connectivity index (χ3v) is 5.12. The minimum atomic E-state index is -0.543. The Balaban J connectivity index is 1.81. The molecule has 0 saturated heterocycles.